The molecule has 0 saturated carbocycles. The van der Waals surface area contributed by atoms with Crippen molar-refractivity contribution in [1.82, 2.24) is 0 Å². The molecule has 0 radical (unpaired) electrons. The van der Waals surface area contributed by atoms with Gasteiger partial charge < -0.3 is 10.2 Å². The average Bonchev–Trinajstić information content (AvgIpc) is 2.56. The maximum Gasteiger partial charge on any atom is 0.250 e. The summed E-state index contributed by atoms with van der Waals surface area (Å²) in [4.78, 5) is 15.0. The third kappa shape index (κ3) is 2.72. The van der Waals surface area contributed by atoms with Crippen molar-refractivity contribution in [3.63, 3.8) is 0 Å². The SMILES string of the molecule is CCC1Nc2cc(C)c(C)cc2N(C(C)c2ccccc2)C1=O. The lowest BCUT2D eigenvalue weighted by Gasteiger charge is -2.39. The molecule has 2 aromatic rings. The molecule has 1 aliphatic heterocycles. The number of amides is 1. The van der Waals surface area contributed by atoms with Crippen LogP contribution in [0.3, 0.4) is 0 Å². The summed E-state index contributed by atoms with van der Waals surface area (Å²) in [7, 11) is 0. The highest BCUT2D eigenvalue weighted by Gasteiger charge is 2.35. The topological polar surface area (TPSA) is 32.3 Å². The monoisotopic (exact) mass is 308 g/mol. The number of rotatable bonds is 3. The van der Waals surface area contributed by atoms with Crippen molar-refractivity contribution < 1.29 is 4.79 Å². The Hall–Kier alpha value is -2.29. The van der Waals surface area contributed by atoms with Crippen molar-refractivity contribution in [2.75, 3.05) is 10.2 Å². The van der Waals surface area contributed by atoms with Crippen LogP contribution in [0.2, 0.25) is 0 Å². The van der Waals surface area contributed by atoms with Crippen molar-refractivity contribution in [2.45, 2.75) is 46.2 Å². The first-order valence-electron chi connectivity index (χ1n) is 8.28. The molecule has 1 N–H and O–H groups in total. The van der Waals surface area contributed by atoms with Crippen LogP contribution in [0.4, 0.5) is 11.4 Å². The standard InChI is InChI=1S/C20H24N2O/c1-5-17-20(23)22(15(4)16-9-7-6-8-10-16)19-12-14(3)13(2)11-18(19)21-17/h6-12,15,17,21H,5H2,1-4H3. The summed E-state index contributed by atoms with van der Waals surface area (Å²) in [6.45, 7) is 8.36. The molecule has 3 nitrogen and oxygen atoms in total. The molecule has 1 amide bonds. The van der Waals surface area contributed by atoms with Gasteiger partial charge >= 0.3 is 0 Å². The first kappa shape index (κ1) is 15.6. The number of anilines is 2. The summed E-state index contributed by atoms with van der Waals surface area (Å²) in [5, 5.41) is 3.41. The number of hydrogen-bond acceptors (Lipinski definition) is 2. The number of fused-ring (bicyclic) bond motifs is 1. The fourth-order valence-electron chi connectivity index (χ4n) is 3.21. The van der Waals surface area contributed by atoms with Crippen LogP contribution in [-0.2, 0) is 4.79 Å². The van der Waals surface area contributed by atoms with Crippen LogP contribution in [-0.4, -0.2) is 11.9 Å². The van der Waals surface area contributed by atoms with Gasteiger partial charge in [-0.2, -0.15) is 0 Å². The van der Waals surface area contributed by atoms with Gasteiger partial charge in [0.15, 0.2) is 0 Å². The van der Waals surface area contributed by atoms with E-state index in [4.69, 9.17) is 0 Å². The van der Waals surface area contributed by atoms with Gasteiger partial charge in [-0.15, -0.1) is 0 Å². The van der Waals surface area contributed by atoms with Gasteiger partial charge in [0.05, 0.1) is 17.4 Å². The van der Waals surface area contributed by atoms with Crippen LogP contribution in [0, 0.1) is 13.8 Å². The molecule has 0 aromatic heterocycles. The van der Waals surface area contributed by atoms with E-state index in [2.05, 4.69) is 50.4 Å². The van der Waals surface area contributed by atoms with Gasteiger partial charge in [-0.3, -0.25) is 4.79 Å². The summed E-state index contributed by atoms with van der Waals surface area (Å²) < 4.78 is 0. The van der Waals surface area contributed by atoms with E-state index in [1.54, 1.807) is 0 Å². The van der Waals surface area contributed by atoms with Crippen molar-refractivity contribution >= 4 is 17.3 Å². The Kier molecular flexibility index (Phi) is 4.12. The molecule has 0 bridgehead atoms. The van der Waals surface area contributed by atoms with E-state index in [9.17, 15) is 4.79 Å². The van der Waals surface area contributed by atoms with Gasteiger partial charge in [0.1, 0.15) is 6.04 Å². The van der Waals surface area contributed by atoms with Crippen LogP contribution in [0.1, 0.15) is 43.0 Å². The first-order chi connectivity index (χ1) is 11.0. The minimum atomic E-state index is -0.157. The number of carbonyl (C=O) groups excluding carboxylic acids is 1. The second-order valence-corrected chi connectivity index (χ2v) is 6.35. The molecule has 1 heterocycles. The van der Waals surface area contributed by atoms with Crippen LogP contribution < -0.4 is 10.2 Å². The summed E-state index contributed by atoms with van der Waals surface area (Å²) in [5.74, 6) is 0.152. The molecule has 2 unspecified atom stereocenters. The zero-order chi connectivity index (χ0) is 16.6. The van der Waals surface area contributed by atoms with E-state index in [1.807, 2.05) is 30.0 Å². The minimum absolute atomic E-state index is 0.0145. The molecule has 0 aliphatic carbocycles. The molecular formula is C20H24N2O. The predicted octanol–water partition coefficient (Wildman–Crippen LogP) is 4.60. The zero-order valence-electron chi connectivity index (χ0n) is 14.3. The third-order valence-corrected chi connectivity index (χ3v) is 4.81. The Balaban J connectivity index is 2.11. The predicted molar refractivity (Wildman–Crippen MR) is 96.0 cm³/mol. The van der Waals surface area contributed by atoms with Gasteiger partial charge in [-0.25, -0.2) is 0 Å². The lowest BCUT2D eigenvalue weighted by Crippen LogP contribution is -2.48. The van der Waals surface area contributed by atoms with Crippen molar-refractivity contribution in [3.8, 4) is 0 Å². The number of hydrogen-bond donors (Lipinski definition) is 1. The van der Waals surface area contributed by atoms with E-state index in [0.717, 1.165) is 23.4 Å². The number of benzene rings is 2. The fourth-order valence-corrected chi connectivity index (χ4v) is 3.21. The molecule has 0 saturated heterocycles. The zero-order valence-corrected chi connectivity index (χ0v) is 14.3. The van der Waals surface area contributed by atoms with Gasteiger partial charge in [0.2, 0.25) is 5.91 Å². The van der Waals surface area contributed by atoms with E-state index >= 15 is 0 Å². The molecule has 1 aliphatic rings. The maximum absolute atomic E-state index is 13.0. The van der Waals surface area contributed by atoms with E-state index in [-0.39, 0.29) is 18.0 Å². The molecule has 2 aromatic carbocycles. The number of nitrogens with zero attached hydrogens (tertiary/aromatic N) is 1. The molecule has 0 spiro atoms. The summed E-state index contributed by atoms with van der Waals surface area (Å²) in [6, 6.07) is 14.4. The Morgan fingerprint density at radius 1 is 1.13 bits per heavy atom. The largest absolute Gasteiger partial charge is 0.372 e. The summed E-state index contributed by atoms with van der Waals surface area (Å²) in [5.41, 5.74) is 5.65. The van der Waals surface area contributed by atoms with E-state index in [1.165, 1.54) is 11.1 Å². The molecule has 3 heteroatoms. The second kappa shape index (κ2) is 6.07. The summed E-state index contributed by atoms with van der Waals surface area (Å²) in [6.07, 6.45) is 0.781. The quantitative estimate of drug-likeness (QED) is 0.898. The fraction of sp³-hybridized carbons (Fsp3) is 0.350. The normalized spacial score (nSPS) is 18.3. The maximum atomic E-state index is 13.0. The number of carbonyl (C=O) groups is 1. The van der Waals surface area contributed by atoms with Crippen LogP contribution in [0.15, 0.2) is 42.5 Å². The van der Waals surface area contributed by atoms with Crippen molar-refractivity contribution in [1.29, 1.82) is 0 Å². The Bertz CT molecular complexity index is 724. The highest BCUT2D eigenvalue weighted by atomic mass is 16.2. The Morgan fingerprint density at radius 3 is 2.43 bits per heavy atom. The second-order valence-electron chi connectivity index (χ2n) is 6.35. The smallest absolute Gasteiger partial charge is 0.250 e. The van der Waals surface area contributed by atoms with Crippen molar-refractivity contribution in [3.05, 3.63) is 59.2 Å². The van der Waals surface area contributed by atoms with Gasteiger partial charge in [0, 0.05) is 0 Å². The molecule has 3 rings (SSSR count). The lowest BCUT2D eigenvalue weighted by molar-refractivity contribution is -0.120. The highest BCUT2D eigenvalue weighted by Crippen LogP contribution is 2.39. The molecule has 0 fully saturated rings. The molecule has 2 atom stereocenters. The first-order valence-corrected chi connectivity index (χ1v) is 8.28. The van der Waals surface area contributed by atoms with Crippen LogP contribution >= 0.6 is 0 Å². The number of nitrogens with one attached hydrogen (secondary N) is 1. The van der Waals surface area contributed by atoms with Gasteiger partial charge in [-0.1, -0.05) is 37.3 Å². The van der Waals surface area contributed by atoms with E-state index in [0.29, 0.717) is 0 Å². The highest BCUT2D eigenvalue weighted by molar-refractivity contribution is 6.05. The third-order valence-electron chi connectivity index (χ3n) is 4.81. The summed E-state index contributed by atoms with van der Waals surface area (Å²) >= 11 is 0. The van der Waals surface area contributed by atoms with Crippen LogP contribution in [0.25, 0.3) is 0 Å². The van der Waals surface area contributed by atoms with Crippen LogP contribution in [0.5, 0.6) is 0 Å². The van der Waals surface area contributed by atoms with Gasteiger partial charge in [-0.05, 0) is 56.0 Å². The molecule has 120 valence electrons. The minimum Gasteiger partial charge on any atom is -0.372 e. The molecule has 23 heavy (non-hydrogen) atoms. The molecular weight excluding hydrogens is 284 g/mol. The van der Waals surface area contributed by atoms with Gasteiger partial charge in [0.25, 0.3) is 0 Å². The number of aryl methyl sites for hydroxylation is 2. The Labute approximate surface area is 138 Å². The average molecular weight is 308 g/mol. The van der Waals surface area contributed by atoms with E-state index < -0.39 is 0 Å². The lowest BCUT2D eigenvalue weighted by atomic mass is 9.98. The van der Waals surface area contributed by atoms with Crippen molar-refractivity contribution in [2.24, 2.45) is 0 Å². The Morgan fingerprint density at radius 2 is 1.78 bits per heavy atom.